The minimum Gasteiger partial charge on any atom is -0.377 e. The van der Waals surface area contributed by atoms with Gasteiger partial charge in [0, 0.05) is 5.02 Å². The Labute approximate surface area is 145 Å². The zero-order valence-corrected chi connectivity index (χ0v) is 15.0. The van der Waals surface area contributed by atoms with Gasteiger partial charge in [-0.3, -0.25) is 14.5 Å². The smallest absolute Gasteiger partial charge is 0.268 e. The Morgan fingerprint density at radius 2 is 1.83 bits per heavy atom. The van der Waals surface area contributed by atoms with Gasteiger partial charge in [-0.05, 0) is 37.3 Å². The van der Waals surface area contributed by atoms with Crippen molar-refractivity contribution in [3.8, 4) is 0 Å². The number of hydrogen-bond donors (Lipinski definition) is 0. The summed E-state index contributed by atoms with van der Waals surface area (Å²) < 4.78 is 5.46. The van der Waals surface area contributed by atoms with Crippen LogP contribution in [0.3, 0.4) is 0 Å². The zero-order valence-electron chi connectivity index (χ0n) is 13.5. The summed E-state index contributed by atoms with van der Waals surface area (Å²) in [6.07, 6.45) is 0.0657. The molecule has 0 aliphatic carbocycles. The van der Waals surface area contributed by atoms with E-state index in [9.17, 15) is 9.59 Å². The van der Waals surface area contributed by atoms with Crippen LogP contribution in [0.2, 0.25) is 5.02 Å². The topological polar surface area (TPSA) is 46.6 Å². The van der Waals surface area contributed by atoms with Gasteiger partial charge < -0.3 is 4.74 Å². The molecule has 0 radical (unpaired) electrons. The number of halogens is 1. The van der Waals surface area contributed by atoms with Crippen LogP contribution in [0.25, 0.3) is 5.57 Å². The standard InChI is InChI=1S/C17H20ClNO3S/c1-4-23-15-14(12-5-7-13(18)8-6-12)16(20)19(17(15)21)9-10-22-11(2)3/h5-8,11H,4,9-10H2,1-3H3. The van der Waals surface area contributed by atoms with E-state index in [1.54, 1.807) is 24.3 Å². The fraction of sp³-hybridized carbons (Fsp3) is 0.412. The Morgan fingerprint density at radius 3 is 2.39 bits per heavy atom. The average Bonchev–Trinajstić information content (AvgIpc) is 2.73. The largest absolute Gasteiger partial charge is 0.377 e. The summed E-state index contributed by atoms with van der Waals surface area (Å²) in [7, 11) is 0. The monoisotopic (exact) mass is 353 g/mol. The number of rotatable bonds is 7. The molecule has 0 unspecified atom stereocenters. The molecule has 2 rings (SSSR count). The molecule has 1 aromatic carbocycles. The molecular weight excluding hydrogens is 334 g/mol. The maximum Gasteiger partial charge on any atom is 0.268 e. The highest BCUT2D eigenvalue weighted by molar-refractivity contribution is 8.04. The minimum absolute atomic E-state index is 0.0657. The molecule has 1 aliphatic rings. The van der Waals surface area contributed by atoms with E-state index >= 15 is 0 Å². The van der Waals surface area contributed by atoms with Gasteiger partial charge in [-0.1, -0.05) is 30.7 Å². The quantitative estimate of drug-likeness (QED) is 0.703. The highest BCUT2D eigenvalue weighted by atomic mass is 35.5. The Balaban J connectivity index is 2.27. The third kappa shape index (κ3) is 4.16. The second-order valence-corrected chi connectivity index (χ2v) is 7.04. The van der Waals surface area contributed by atoms with Crippen LogP contribution in [0, 0.1) is 0 Å². The van der Waals surface area contributed by atoms with Crippen LogP contribution in [0.4, 0.5) is 0 Å². The molecule has 0 spiro atoms. The second kappa shape index (κ2) is 7.99. The van der Waals surface area contributed by atoms with Gasteiger partial charge in [-0.15, -0.1) is 11.8 Å². The molecule has 0 N–H and O–H groups in total. The highest BCUT2D eigenvalue weighted by Gasteiger charge is 2.38. The lowest BCUT2D eigenvalue weighted by Gasteiger charge is -2.16. The molecule has 23 heavy (non-hydrogen) atoms. The van der Waals surface area contributed by atoms with Crippen molar-refractivity contribution in [2.24, 2.45) is 0 Å². The first-order valence-corrected chi connectivity index (χ1v) is 8.92. The summed E-state index contributed by atoms with van der Waals surface area (Å²) in [6, 6.07) is 6.99. The van der Waals surface area contributed by atoms with E-state index in [1.165, 1.54) is 16.7 Å². The van der Waals surface area contributed by atoms with Gasteiger partial charge in [-0.2, -0.15) is 0 Å². The van der Waals surface area contributed by atoms with E-state index < -0.39 is 0 Å². The molecule has 124 valence electrons. The highest BCUT2D eigenvalue weighted by Crippen LogP contribution is 2.36. The van der Waals surface area contributed by atoms with E-state index in [2.05, 4.69) is 0 Å². The second-order valence-electron chi connectivity index (χ2n) is 5.33. The van der Waals surface area contributed by atoms with Crippen molar-refractivity contribution in [2.75, 3.05) is 18.9 Å². The van der Waals surface area contributed by atoms with Crippen LogP contribution in [-0.2, 0) is 14.3 Å². The lowest BCUT2D eigenvalue weighted by atomic mass is 10.1. The minimum atomic E-state index is -0.263. The Bertz CT molecular complexity index is 625. The van der Waals surface area contributed by atoms with Gasteiger partial charge >= 0.3 is 0 Å². The number of imide groups is 1. The third-order valence-corrected chi connectivity index (χ3v) is 4.52. The molecule has 6 heteroatoms. The number of amides is 2. The fourth-order valence-corrected chi connectivity index (χ4v) is 3.28. The molecule has 0 saturated heterocycles. The van der Waals surface area contributed by atoms with E-state index in [4.69, 9.17) is 16.3 Å². The number of carbonyl (C=O) groups is 2. The van der Waals surface area contributed by atoms with Gasteiger partial charge in [0.15, 0.2) is 0 Å². The van der Waals surface area contributed by atoms with Crippen molar-refractivity contribution in [3.05, 3.63) is 39.8 Å². The number of thioether (sulfide) groups is 1. The van der Waals surface area contributed by atoms with Gasteiger partial charge in [0.05, 0.1) is 29.7 Å². The van der Waals surface area contributed by atoms with Gasteiger partial charge in [-0.25, -0.2) is 0 Å². The van der Waals surface area contributed by atoms with Crippen molar-refractivity contribution in [3.63, 3.8) is 0 Å². The molecular formula is C17H20ClNO3S. The summed E-state index contributed by atoms with van der Waals surface area (Å²) in [5.74, 6) is 0.224. The number of nitrogens with zero attached hydrogens (tertiary/aromatic N) is 1. The summed E-state index contributed by atoms with van der Waals surface area (Å²) in [5.41, 5.74) is 1.18. The van der Waals surface area contributed by atoms with E-state index in [0.29, 0.717) is 22.1 Å². The average molecular weight is 354 g/mol. The summed E-state index contributed by atoms with van der Waals surface area (Å²) >= 11 is 7.30. The van der Waals surface area contributed by atoms with Crippen molar-refractivity contribution in [1.29, 1.82) is 0 Å². The fourth-order valence-electron chi connectivity index (χ4n) is 2.29. The molecule has 1 aromatic rings. The van der Waals surface area contributed by atoms with Crippen molar-refractivity contribution in [2.45, 2.75) is 26.9 Å². The van der Waals surface area contributed by atoms with E-state index in [0.717, 1.165) is 11.3 Å². The van der Waals surface area contributed by atoms with Crippen molar-refractivity contribution < 1.29 is 14.3 Å². The molecule has 0 fully saturated rings. The van der Waals surface area contributed by atoms with Crippen LogP contribution >= 0.6 is 23.4 Å². The molecule has 4 nitrogen and oxygen atoms in total. The van der Waals surface area contributed by atoms with Crippen molar-refractivity contribution >= 4 is 40.8 Å². The third-order valence-electron chi connectivity index (χ3n) is 3.31. The zero-order chi connectivity index (χ0) is 17.0. The number of ether oxygens (including phenoxy) is 1. The van der Waals surface area contributed by atoms with E-state index in [-0.39, 0.29) is 24.5 Å². The summed E-state index contributed by atoms with van der Waals surface area (Å²) in [6.45, 7) is 6.40. The molecule has 2 amide bonds. The Kier molecular flexibility index (Phi) is 6.27. The maximum atomic E-state index is 12.7. The van der Waals surface area contributed by atoms with Crippen LogP contribution in [0.1, 0.15) is 26.3 Å². The molecule has 0 aromatic heterocycles. The number of benzene rings is 1. The molecule has 0 bridgehead atoms. The summed E-state index contributed by atoms with van der Waals surface area (Å²) in [5, 5.41) is 0.595. The van der Waals surface area contributed by atoms with Gasteiger partial charge in [0.2, 0.25) is 0 Å². The SMILES string of the molecule is CCSC1=C(c2ccc(Cl)cc2)C(=O)N(CCOC(C)C)C1=O. The van der Waals surface area contributed by atoms with Crippen molar-refractivity contribution in [1.82, 2.24) is 4.90 Å². The first-order valence-electron chi connectivity index (χ1n) is 7.56. The first-order chi connectivity index (χ1) is 11.0. The maximum absolute atomic E-state index is 12.7. The summed E-state index contributed by atoms with van der Waals surface area (Å²) in [4.78, 5) is 27.1. The van der Waals surface area contributed by atoms with E-state index in [1.807, 2.05) is 20.8 Å². The van der Waals surface area contributed by atoms with Crippen LogP contribution in [-0.4, -0.2) is 41.7 Å². The predicted octanol–water partition coefficient (Wildman–Crippen LogP) is 3.60. The predicted molar refractivity (Wildman–Crippen MR) is 94.3 cm³/mol. The lowest BCUT2D eigenvalue weighted by Crippen LogP contribution is -2.35. The first kappa shape index (κ1) is 18.0. The number of hydrogen-bond acceptors (Lipinski definition) is 4. The lowest BCUT2D eigenvalue weighted by molar-refractivity contribution is -0.137. The Morgan fingerprint density at radius 1 is 1.17 bits per heavy atom. The molecule has 1 aliphatic heterocycles. The normalized spacial score (nSPS) is 15.3. The van der Waals surface area contributed by atoms with Gasteiger partial charge in [0.1, 0.15) is 0 Å². The van der Waals surface area contributed by atoms with Crippen LogP contribution in [0.5, 0.6) is 0 Å². The molecule has 0 atom stereocenters. The van der Waals surface area contributed by atoms with Crippen LogP contribution < -0.4 is 0 Å². The molecule has 1 heterocycles. The van der Waals surface area contributed by atoms with Crippen LogP contribution in [0.15, 0.2) is 29.2 Å². The Hall–Kier alpha value is -1.30. The molecule has 0 saturated carbocycles. The number of carbonyl (C=O) groups excluding carboxylic acids is 2. The van der Waals surface area contributed by atoms with Gasteiger partial charge in [0.25, 0.3) is 11.8 Å².